The quantitative estimate of drug-likeness (QED) is 0.316. The van der Waals surface area contributed by atoms with Gasteiger partial charge in [0, 0.05) is 12.2 Å². The van der Waals surface area contributed by atoms with E-state index in [9.17, 15) is 31.1 Å². The molecule has 0 amide bonds. The molecule has 1 aliphatic heterocycles. The van der Waals surface area contributed by atoms with E-state index in [0.29, 0.717) is 25.7 Å². The van der Waals surface area contributed by atoms with Crippen LogP contribution in [0.5, 0.6) is 0 Å². The molecule has 4 nitrogen and oxygen atoms in total. The summed E-state index contributed by atoms with van der Waals surface area (Å²) in [5.41, 5.74) is -4.19. The first-order chi connectivity index (χ1) is 13.8. The molecular weight excluding hydrogens is 418 g/mol. The van der Waals surface area contributed by atoms with Gasteiger partial charge in [0.25, 0.3) is 5.60 Å². The van der Waals surface area contributed by atoms with Crippen LogP contribution in [0.3, 0.4) is 0 Å². The number of hydrogen-bond acceptors (Lipinski definition) is 4. The standard InChI is InChI=1S/C20H26F6O4/c1-11(2)17(27)29-15-9-12-7-13(14(15)8-12)10-18(19(21,22)23,20(24,25)26)30-16-5-3-4-6-28-16/h12-16H,1,3-10H2,2H3. The Kier molecular flexibility index (Phi) is 6.49. The first-order valence-corrected chi connectivity index (χ1v) is 10.1. The summed E-state index contributed by atoms with van der Waals surface area (Å²) in [5.74, 6) is -2.26. The van der Waals surface area contributed by atoms with E-state index in [0.717, 1.165) is 0 Å². The summed E-state index contributed by atoms with van der Waals surface area (Å²) in [6.45, 7) is 4.95. The normalized spacial score (nSPS) is 32.3. The number of ether oxygens (including phenoxy) is 3. The zero-order valence-electron chi connectivity index (χ0n) is 16.7. The van der Waals surface area contributed by atoms with E-state index in [1.807, 2.05) is 0 Å². The molecule has 3 rings (SSSR count). The zero-order chi connectivity index (χ0) is 22.3. The smallest absolute Gasteiger partial charge is 0.426 e. The molecule has 2 saturated carbocycles. The average molecular weight is 444 g/mol. The van der Waals surface area contributed by atoms with Crippen molar-refractivity contribution in [3.05, 3.63) is 12.2 Å². The molecule has 0 spiro atoms. The van der Waals surface area contributed by atoms with Crippen LogP contribution in [0.1, 0.15) is 51.9 Å². The number of alkyl halides is 6. The third-order valence-corrected chi connectivity index (χ3v) is 6.43. The Morgan fingerprint density at radius 3 is 2.23 bits per heavy atom. The van der Waals surface area contributed by atoms with Gasteiger partial charge in [-0.2, -0.15) is 26.3 Å². The molecule has 3 aliphatic rings. The molecule has 0 aromatic heterocycles. The van der Waals surface area contributed by atoms with E-state index in [2.05, 4.69) is 6.58 Å². The molecule has 5 unspecified atom stereocenters. The monoisotopic (exact) mass is 444 g/mol. The van der Waals surface area contributed by atoms with Gasteiger partial charge in [0.15, 0.2) is 6.29 Å². The summed E-state index contributed by atoms with van der Waals surface area (Å²) in [4.78, 5) is 11.8. The second-order valence-electron chi connectivity index (χ2n) is 8.66. The molecule has 2 aliphatic carbocycles. The molecule has 1 saturated heterocycles. The highest BCUT2D eigenvalue weighted by atomic mass is 19.4. The SMILES string of the molecule is C=C(C)C(=O)OC1CC2CC(CC(OC3CCCCO3)(C(F)(F)F)C(F)(F)F)C1C2. The van der Waals surface area contributed by atoms with E-state index in [4.69, 9.17) is 14.2 Å². The maximum atomic E-state index is 13.9. The van der Waals surface area contributed by atoms with Gasteiger partial charge in [-0.1, -0.05) is 6.58 Å². The van der Waals surface area contributed by atoms with Gasteiger partial charge in [0.05, 0.1) is 0 Å². The molecular formula is C20H26F6O4. The number of hydrogen-bond donors (Lipinski definition) is 0. The Morgan fingerprint density at radius 1 is 1.07 bits per heavy atom. The fourth-order valence-corrected chi connectivity index (χ4v) is 5.01. The molecule has 30 heavy (non-hydrogen) atoms. The van der Waals surface area contributed by atoms with Crippen LogP contribution in [0, 0.1) is 17.8 Å². The summed E-state index contributed by atoms with van der Waals surface area (Å²) in [5, 5.41) is 0. The van der Waals surface area contributed by atoms with Crippen molar-refractivity contribution in [1.82, 2.24) is 0 Å². The molecule has 0 aromatic rings. The van der Waals surface area contributed by atoms with Gasteiger partial charge >= 0.3 is 18.3 Å². The molecule has 3 fully saturated rings. The number of carbonyl (C=O) groups is 1. The summed E-state index contributed by atoms with van der Waals surface area (Å²) >= 11 is 0. The third-order valence-electron chi connectivity index (χ3n) is 6.43. The highest BCUT2D eigenvalue weighted by molar-refractivity contribution is 5.87. The number of rotatable bonds is 6. The van der Waals surface area contributed by atoms with E-state index in [1.54, 1.807) is 0 Å². The second-order valence-corrected chi connectivity index (χ2v) is 8.66. The van der Waals surface area contributed by atoms with E-state index in [1.165, 1.54) is 6.92 Å². The Hall–Kier alpha value is -1.29. The van der Waals surface area contributed by atoms with E-state index < -0.39 is 54.6 Å². The van der Waals surface area contributed by atoms with Crippen molar-refractivity contribution < 1.29 is 45.3 Å². The first-order valence-electron chi connectivity index (χ1n) is 10.1. The predicted octanol–water partition coefficient (Wildman–Crippen LogP) is 5.32. The van der Waals surface area contributed by atoms with Crippen LogP contribution >= 0.6 is 0 Å². The Balaban J connectivity index is 1.84. The van der Waals surface area contributed by atoms with Crippen LogP contribution in [-0.4, -0.2) is 42.9 Å². The average Bonchev–Trinajstić information content (AvgIpc) is 3.19. The lowest BCUT2D eigenvalue weighted by molar-refractivity contribution is -0.416. The molecule has 5 atom stereocenters. The minimum atomic E-state index is -5.67. The van der Waals surface area contributed by atoms with Crippen LogP contribution in [0.25, 0.3) is 0 Å². The van der Waals surface area contributed by atoms with Crippen molar-refractivity contribution in [2.75, 3.05) is 6.61 Å². The Morgan fingerprint density at radius 2 is 1.73 bits per heavy atom. The highest BCUT2D eigenvalue weighted by Crippen LogP contribution is 2.57. The van der Waals surface area contributed by atoms with Gasteiger partial charge in [-0.3, -0.25) is 0 Å². The predicted molar refractivity (Wildman–Crippen MR) is 93.1 cm³/mol. The van der Waals surface area contributed by atoms with Crippen LogP contribution in [0.15, 0.2) is 12.2 Å². The molecule has 1 heterocycles. The summed E-state index contributed by atoms with van der Waals surface area (Å²) in [7, 11) is 0. The van der Waals surface area contributed by atoms with Crippen LogP contribution < -0.4 is 0 Å². The van der Waals surface area contributed by atoms with Gasteiger partial charge in [0.2, 0.25) is 0 Å². The Bertz CT molecular complexity index is 639. The number of carbonyl (C=O) groups excluding carboxylic acids is 1. The first kappa shape index (κ1) is 23.4. The van der Waals surface area contributed by atoms with Gasteiger partial charge in [-0.05, 0) is 69.6 Å². The topological polar surface area (TPSA) is 44.8 Å². The van der Waals surface area contributed by atoms with Crippen LogP contribution in [0.4, 0.5) is 26.3 Å². The maximum absolute atomic E-state index is 13.9. The van der Waals surface area contributed by atoms with Gasteiger partial charge in [0.1, 0.15) is 6.10 Å². The fourth-order valence-electron chi connectivity index (χ4n) is 5.01. The van der Waals surface area contributed by atoms with Crippen molar-refractivity contribution >= 4 is 5.97 Å². The van der Waals surface area contributed by atoms with Gasteiger partial charge in [-0.25, -0.2) is 4.79 Å². The van der Waals surface area contributed by atoms with Crippen molar-refractivity contribution in [3.63, 3.8) is 0 Å². The minimum Gasteiger partial charge on any atom is -0.459 e. The molecule has 10 heteroatoms. The number of esters is 1. The van der Waals surface area contributed by atoms with Crippen molar-refractivity contribution in [1.29, 1.82) is 0 Å². The summed E-state index contributed by atoms with van der Waals surface area (Å²) in [6, 6.07) is 0. The number of fused-ring (bicyclic) bond motifs is 2. The van der Waals surface area contributed by atoms with Crippen molar-refractivity contribution in [2.24, 2.45) is 17.8 Å². The van der Waals surface area contributed by atoms with Gasteiger partial charge in [-0.15, -0.1) is 0 Å². The molecule has 0 N–H and O–H groups in total. The minimum absolute atomic E-state index is 0.0243. The molecule has 2 bridgehead atoms. The molecule has 0 radical (unpaired) electrons. The van der Waals surface area contributed by atoms with Crippen LogP contribution in [0.2, 0.25) is 0 Å². The summed E-state index contributed by atoms with van der Waals surface area (Å²) < 4.78 is 98.7. The van der Waals surface area contributed by atoms with Crippen molar-refractivity contribution in [2.45, 2.75) is 82.2 Å². The largest absolute Gasteiger partial charge is 0.459 e. The highest BCUT2D eigenvalue weighted by Gasteiger charge is 2.74. The van der Waals surface area contributed by atoms with E-state index >= 15 is 0 Å². The molecule has 172 valence electrons. The lowest BCUT2D eigenvalue weighted by Gasteiger charge is -2.43. The lowest BCUT2D eigenvalue weighted by Crippen LogP contribution is -2.62. The van der Waals surface area contributed by atoms with Crippen molar-refractivity contribution in [3.8, 4) is 0 Å². The summed E-state index contributed by atoms with van der Waals surface area (Å²) in [6.07, 6.45) is -12.8. The van der Waals surface area contributed by atoms with E-state index in [-0.39, 0.29) is 30.9 Å². The maximum Gasteiger partial charge on any atom is 0.426 e. The number of halogens is 6. The van der Waals surface area contributed by atoms with Crippen LogP contribution in [-0.2, 0) is 19.0 Å². The fraction of sp³-hybridized carbons (Fsp3) is 0.850. The second kappa shape index (κ2) is 8.33. The van der Waals surface area contributed by atoms with Gasteiger partial charge < -0.3 is 14.2 Å². The lowest BCUT2D eigenvalue weighted by atomic mass is 9.78. The third kappa shape index (κ3) is 4.49. The molecule has 0 aromatic carbocycles. The Labute approximate surface area is 170 Å². The zero-order valence-corrected chi connectivity index (χ0v) is 16.7.